The Labute approximate surface area is 363 Å². The highest BCUT2D eigenvalue weighted by molar-refractivity contribution is 6.10. The minimum Gasteiger partial charge on any atom is -0.308 e. The summed E-state index contributed by atoms with van der Waals surface area (Å²) >= 11 is 0. The highest BCUT2D eigenvalue weighted by Gasteiger charge is 2.21. The maximum atomic E-state index is 9.95. The van der Waals surface area contributed by atoms with Crippen molar-refractivity contribution in [3.8, 4) is 73.2 Å². The topological polar surface area (TPSA) is 43.6 Å². The molecule has 0 atom stereocenters. The van der Waals surface area contributed by atoms with Crippen LogP contribution >= 0.6 is 0 Å². The van der Waals surface area contributed by atoms with Crippen LogP contribution in [0.5, 0.6) is 0 Å². The van der Waals surface area contributed by atoms with Gasteiger partial charge in [0, 0.05) is 27.5 Å². The molecule has 0 aliphatic carbocycles. The van der Waals surface area contributed by atoms with Crippen LogP contribution in [0.4, 0.5) is 0 Å². The van der Waals surface area contributed by atoms with Crippen molar-refractivity contribution < 1.29 is 42.5 Å². The molecule has 4 nitrogen and oxygen atoms in total. The molecule has 0 N–H and O–H groups in total. The Hall–Kier alpha value is -7.43. The van der Waals surface area contributed by atoms with E-state index in [1.807, 2.05) is 0 Å². The summed E-state index contributed by atoms with van der Waals surface area (Å²) in [7, 11) is 0. The van der Waals surface area contributed by atoms with Crippen LogP contribution in [0.15, 0.2) is 206 Å². The molecule has 0 aliphatic heterocycles. The van der Waals surface area contributed by atoms with Crippen LogP contribution in [0.2, 0.25) is 0 Å². The van der Waals surface area contributed by atoms with Gasteiger partial charge in [0.25, 0.3) is 0 Å². The maximum Gasteiger partial charge on any atom is 0.166 e. The zero-order chi connectivity index (χ0) is 63.5. The fourth-order valence-corrected chi connectivity index (χ4v) is 5.75. The molecule has 8 aromatic carbocycles. The summed E-state index contributed by atoms with van der Waals surface area (Å²) in [5, 5.41) is -1.09. The van der Waals surface area contributed by atoms with Crippen LogP contribution in [0.3, 0.4) is 0 Å². The first-order valence-corrected chi connectivity index (χ1v) is 16.0. The lowest BCUT2D eigenvalue weighted by Gasteiger charge is -2.17. The molecule has 2 heterocycles. The summed E-state index contributed by atoms with van der Waals surface area (Å²) in [4.78, 5) is 13.4. The molecule has 0 spiro atoms. The summed E-state index contributed by atoms with van der Waals surface area (Å²) in [6.45, 7) is 0. The van der Waals surface area contributed by atoms with Crippen molar-refractivity contribution in [2.75, 3.05) is 0 Å². The van der Waals surface area contributed by atoms with Gasteiger partial charge in [0.05, 0.1) is 59.2 Å². The average Bonchev–Trinajstić information content (AvgIpc) is 1.52. The second kappa shape index (κ2) is 13.8. The molecular formula is C51H34N4. The zero-order valence-electron chi connectivity index (χ0n) is 58.5. The molecule has 55 heavy (non-hydrogen) atoms. The predicted molar refractivity (Wildman–Crippen MR) is 227 cm³/mol. The second-order valence-corrected chi connectivity index (χ2v) is 11.3. The van der Waals surface area contributed by atoms with Crippen molar-refractivity contribution in [2.24, 2.45) is 0 Å². The van der Waals surface area contributed by atoms with Crippen molar-refractivity contribution in [3.63, 3.8) is 0 Å². The second-order valence-electron chi connectivity index (χ2n) is 11.3. The van der Waals surface area contributed by atoms with Crippen LogP contribution in [-0.4, -0.2) is 19.5 Å². The summed E-state index contributed by atoms with van der Waals surface area (Å²) < 4.78 is 275. The lowest BCUT2D eigenvalue weighted by Crippen LogP contribution is -2.04. The normalized spacial score (nSPS) is 19.2. The van der Waals surface area contributed by atoms with E-state index < -0.39 is 277 Å². The van der Waals surface area contributed by atoms with Crippen LogP contribution in [0.1, 0.15) is 42.5 Å². The van der Waals surface area contributed by atoms with Gasteiger partial charge in [0.2, 0.25) is 0 Å². The summed E-state index contributed by atoms with van der Waals surface area (Å²) in [5.41, 5.74) is -7.83. The van der Waals surface area contributed by atoms with Gasteiger partial charge < -0.3 is 4.57 Å². The van der Waals surface area contributed by atoms with Gasteiger partial charge in [-0.05, 0) is 63.6 Å². The third-order valence-corrected chi connectivity index (χ3v) is 8.13. The Balaban J connectivity index is 1.48. The molecule has 0 fully saturated rings. The maximum absolute atomic E-state index is 9.95. The number of fused-ring (bicyclic) bond motifs is 3. The monoisotopic (exact) mass is 733 g/mol. The van der Waals surface area contributed by atoms with Crippen LogP contribution in [0, 0.1) is 0 Å². The minimum atomic E-state index is -0.956. The Morgan fingerprint density at radius 1 is 0.345 bits per heavy atom. The third kappa shape index (κ3) is 6.06. The number of para-hydroxylation sites is 1. The Morgan fingerprint density at radius 2 is 0.818 bits per heavy atom. The SMILES string of the molecule is [2H]c1c([2H])c([2H])c(-c2nc(-c3cc(-c4c([2H])c([2H])c([2H])c(-c5c([2H])c([2H])c([2H])c([2H])c5[2H])c4[2H])ccc3-n3c4c([2H])c([2H])c([2H])c([2H])c4c4c([2H])c([2H])c(-c5c([2H])c([2H])c([2H])c([2H])c5[2H])c([2H])c43)nc(-c3c([2H])c([2H])c([2H])c([2H])c3[2H])n2)c([2H])c1[2H]. The molecule has 10 rings (SSSR count). The lowest BCUT2D eigenvalue weighted by molar-refractivity contribution is 1.06. The number of rotatable bonds is 7. The van der Waals surface area contributed by atoms with E-state index in [1.54, 1.807) is 0 Å². The molecule has 258 valence electrons. The van der Waals surface area contributed by atoms with Gasteiger partial charge in [0.1, 0.15) is 0 Å². The van der Waals surface area contributed by atoms with Gasteiger partial charge >= 0.3 is 0 Å². The highest BCUT2D eigenvalue weighted by Crippen LogP contribution is 2.40. The average molecular weight is 734 g/mol. The first kappa shape index (κ1) is 13.5. The molecular weight excluding hydrogens is 669 g/mol. The molecule has 0 amide bonds. The first-order chi connectivity index (χ1) is 40.1. The minimum absolute atomic E-state index is 0.377. The number of nitrogens with zero attached hydrogens (tertiary/aromatic N) is 4. The van der Waals surface area contributed by atoms with E-state index in [0.717, 1.165) is 22.8 Å². The van der Waals surface area contributed by atoms with Crippen molar-refractivity contribution in [1.82, 2.24) is 19.5 Å². The Kier molecular flexibility index (Phi) is 3.39. The standard InChI is InChI=1S/C51H34N4/c1-5-16-35(17-6-1)39-24-15-25-40(32-39)41-29-31-47(55-46-27-14-13-26-43(46)44-30-28-42(34-48(44)55)36-18-7-2-8-19-36)45(33-41)51-53-49(37-20-9-3-10-21-37)52-50(54-51)38-22-11-4-12-23-38/h1-34H/i1D,2D,3D,4D,5D,6D,7D,8D,9D,10D,11D,12D,13D,14D,15D,16D,17D,18D,19D,20D,21D,22D,23D,24D,25D,26D,27D,28D,30D,32D,34D. The van der Waals surface area contributed by atoms with Gasteiger partial charge in [-0.15, -0.1) is 0 Å². The van der Waals surface area contributed by atoms with E-state index >= 15 is 0 Å². The fourth-order valence-electron chi connectivity index (χ4n) is 5.75. The van der Waals surface area contributed by atoms with Gasteiger partial charge in [0.15, 0.2) is 17.5 Å². The molecule has 0 radical (unpaired) electrons. The van der Waals surface area contributed by atoms with Crippen LogP contribution < -0.4 is 0 Å². The zero-order valence-corrected chi connectivity index (χ0v) is 27.5. The molecule has 0 aliphatic rings. The van der Waals surface area contributed by atoms with Crippen LogP contribution in [-0.2, 0) is 0 Å². The van der Waals surface area contributed by atoms with Crippen LogP contribution in [0.25, 0.3) is 95.0 Å². The van der Waals surface area contributed by atoms with Crippen molar-refractivity contribution >= 4 is 21.8 Å². The van der Waals surface area contributed by atoms with E-state index in [4.69, 9.17) is 32.9 Å². The Bertz CT molecular complexity index is 4580. The van der Waals surface area contributed by atoms with E-state index in [9.17, 15) is 9.60 Å². The quantitative estimate of drug-likeness (QED) is 0.164. The molecule has 0 bridgehead atoms. The lowest BCUT2D eigenvalue weighted by atomic mass is 9.97. The van der Waals surface area contributed by atoms with Crippen molar-refractivity contribution in [1.29, 1.82) is 0 Å². The smallest absolute Gasteiger partial charge is 0.166 e. The summed E-state index contributed by atoms with van der Waals surface area (Å²) in [6, 6.07) is -25.2. The molecule has 10 aromatic rings. The third-order valence-electron chi connectivity index (χ3n) is 8.13. The highest BCUT2D eigenvalue weighted by atomic mass is 15.1. The molecule has 0 saturated carbocycles. The first-order valence-electron chi connectivity index (χ1n) is 31.5. The van der Waals surface area contributed by atoms with Gasteiger partial charge in [-0.25, -0.2) is 15.0 Å². The molecule has 0 unspecified atom stereocenters. The number of benzene rings is 8. The summed E-state index contributed by atoms with van der Waals surface area (Å²) in [6.07, 6.45) is 0. The van der Waals surface area contributed by atoms with Crippen molar-refractivity contribution in [2.45, 2.75) is 0 Å². The van der Waals surface area contributed by atoms with E-state index in [1.165, 1.54) is 0 Å². The number of hydrogen-bond acceptors (Lipinski definition) is 3. The summed E-state index contributed by atoms with van der Waals surface area (Å²) in [5.74, 6) is -2.53. The van der Waals surface area contributed by atoms with Gasteiger partial charge in [-0.1, -0.05) is 175 Å². The van der Waals surface area contributed by atoms with E-state index in [-0.39, 0.29) is 5.56 Å². The largest absolute Gasteiger partial charge is 0.308 e. The fraction of sp³-hybridized carbons (Fsp3) is 0. The molecule has 0 saturated heterocycles. The Morgan fingerprint density at radius 3 is 1.44 bits per heavy atom. The van der Waals surface area contributed by atoms with Crippen molar-refractivity contribution in [3.05, 3.63) is 206 Å². The predicted octanol–water partition coefficient (Wildman–Crippen LogP) is 13.0. The molecule has 2 aromatic heterocycles. The molecule has 4 heteroatoms. The number of hydrogen-bond donors (Lipinski definition) is 0. The van der Waals surface area contributed by atoms with E-state index in [0.29, 0.717) is 0 Å². The van der Waals surface area contributed by atoms with Gasteiger partial charge in [-0.2, -0.15) is 0 Å². The van der Waals surface area contributed by atoms with E-state index in [2.05, 4.69) is 15.0 Å². The number of aromatic nitrogens is 4. The van der Waals surface area contributed by atoms with Gasteiger partial charge in [-0.3, -0.25) is 0 Å².